The Labute approximate surface area is 443 Å². The highest BCUT2D eigenvalue weighted by molar-refractivity contribution is 7.31. The van der Waals surface area contributed by atoms with Gasteiger partial charge in [-0.15, -0.1) is 68.0 Å². The summed E-state index contributed by atoms with van der Waals surface area (Å²) in [5.74, 6) is 0. The van der Waals surface area contributed by atoms with Crippen LogP contribution in [0.1, 0.15) is 75.0 Å². The van der Waals surface area contributed by atoms with Gasteiger partial charge in [0.25, 0.3) is 0 Å². The molecule has 0 atom stereocenters. The molecular weight excluding hydrogens is 1000 g/mol. The average Bonchev–Trinajstić information content (AvgIpc) is 4.27. The summed E-state index contributed by atoms with van der Waals surface area (Å²) in [6.07, 6.45) is 12.7. The molecule has 0 spiro atoms. The zero-order chi connectivity index (χ0) is 47.0. The van der Waals surface area contributed by atoms with E-state index >= 15 is 0 Å². The lowest BCUT2D eigenvalue weighted by atomic mass is 9.94. The van der Waals surface area contributed by atoms with Gasteiger partial charge in [0.2, 0.25) is 41.5 Å². The van der Waals surface area contributed by atoms with Crippen LogP contribution in [0.2, 0.25) is 0 Å². The molecule has 0 saturated carbocycles. The predicted molar refractivity (Wildman–Crippen MR) is 322 cm³/mol. The Hall–Kier alpha value is -4.74. The SMILES string of the molecule is CCCCCCc1ccc(-c2ccc(-c3cc(-c4c5ccccc5[s+]c5ccccc45)c(-c4sc(-c5ccc(-c6ccc(CCCCCC)s6)s5)cc4-c4c5ccccc5[s+]c5ccccc45)s3)s2)s1. The third kappa shape index (κ3) is 9.20. The van der Waals surface area contributed by atoms with Gasteiger partial charge in [0.1, 0.15) is 0 Å². The minimum absolute atomic E-state index is 1.18. The van der Waals surface area contributed by atoms with Gasteiger partial charge in [-0.1, -0.05) is 101 Å². The fourth-order valence-corrected chi connectivity index (χ4v) is 19.0. The van der Waals surface area contributed by atoms with Crippen molar-refractivity contribution in [3.63, 3.8) is 0 Å². The molecule has 70 heavy (non-hydrogen) atoms. The summed E-state index contributed by atoms with van der Waals surface area (Å²) in [7, 11) is 0. The molecule has 0 radical (unpaired) electrons. The van der Waals surface area contributed by atoms with Gasteiger partial charge in [-0.3, -0.25) is 0 Å². The summed E-state index contributed by atoms with van der Waals surface area (Å²) >= 11 is 15.6. The van der Waals surface area contributed by atoms with Crippen LogP contribution in [0.4, 0.5) is 0 Å². The number of aryl methyl sites for hydroxylation is 2. The standard InChI is InChI=1S/C62H52S8/c1-3-5-7-9-19-39-29-31-51(63-39)53-33-35-55(67-53)57-37-45(59-41-21-11-15-25-47(41)65-48-26-16-12-22-42(48)59)61(69-57)62-46(60-43-23-13-17-27-49(43)66-50-28-18-14-24-44(50)60)38-58(70-62)56-36-34-54(68-56)52-32-30-40(64-52)20-10-8-6-4-2/h11-18,21-38H,3-10,19-20H2,1-2H3/q+2. The molecule has 0 nitrogen and oxygen atoms in total. The monoisotopic (exact) mass is 1050 g/mol. The van der Waals surface area contributed by atoms with E-state index < -0.39 is 0 Å². The summed E-state index contributed by atoms with van der Waals surface area (Å²) in [6.45, 7) is 4.59. The summed E-state index contributed by atoms with van der Waals surface area (Å²) in [5.41, 5.74) is 5.30. The third-order valence-electron chi connectivity index (χ3n) is 13.3. The fourth-order valence-electron chi connectivity index (χ4n) is 9.84. The van der Waals surface area contributed by atoms with Crippen LogP contribution in [0, 0.1) is 0 Å². The van der Waals surface area contributed by atoms with Gasteiger partial charge in [-0.2, -0.15) is 0 Å². The Kier molecular flexibility index (Phi) is 13.8. The molecule has 0 saturated heterocycles. The Morgan fingerprint density at radius 1 is 0.314 bits per heavy atom. The van der Waals surface area contributed by atoms with Gasteiger partial charge in [0.15, 0.2) is 0 Å². The molecule has 346 valence electrons. The second-order valence-corrected chi connectivity index (χ2v) is 26.9. The van der Waals surface area contributed by atoms with Crippen molar-refractivity contribution in [2.75, 3.05) is 0 Å². The van der Waals surface area contributed by atoms with Crippen molar-refractivity contribution in [3.05, 3.63) is 167 Å². The van der Waals surface area contributed by atoms with Crippen molar-refractivity contribution < 1.29 is 0 Å². The average molecular weight is 1050 g/mol. The third-order valence-corrected chi connectivity index (χ3v) is 23.3. The van der Waals surface area contributed by atoms with E-state index in [0.717, 1.165) is 0 Å². The number of hydrogen-bond acceptors (Lipinski definition) is 6. The predicted octanol–water partition coefficient (Wildman–Crippen LogP) is 23.3. The first-order chi connectivity index (χ1) is 34.6. The topological polar surface area (TPSA) is 0 Å². The normalized spacial score (nSPS) is 11.9. The highest BCUT2D eigenvalue weighted by Gasteiger charge is 2.29. The van der Waals surface area contributed by atoms with Gasteiger partial charge >= 0.3 is 0 Å². The zero-order valence-electron chi connectivity index (χ0n) is 39.3. The number of hydrogen-bond donors (Lipinski definition) is 0. The molecule has 8 aromatic heterocycles. The van der Waals surface area contributed by atoms with Crippen molar-refractivity contribution in [2.24, 2.45) is 0 Å². The molecule has 0 aliphatic rings. The number of rotatable bonds is 17. The summed E-state index contributed by atoms with van der Waals surface area (Å²) in [5, 5.41) is 5.25. The van der Waals surface area contributed by atoms with Gasteiger partial charge in [0.05, 0.1) is 9.75 Å². The van der Waals surface area contributed by atoms with Crippen LogP contribution in [-0.4, -0.2) is 0 Å². The second-order valence-electron chi connectivity index (χ2n) is 18.1. The Morgan fingerprint density at radius 3 is 1.01 bits per heavy atom. The highest BCUT2D eigenvalue weighted by Crippen LogP contribution is 2.57. The Balaban J connectivity index is 1.06. The Morgan fingerprint density at radius 2 is 0.643 bits per heavy atom. The van der Waals surface area contributed by atoms with E-state index in [4.69, 9.17) is 0 Å². The number of fused-ring (bicyclic) bond motifs is 4. The molecule has 12 aromatic rings. The van der Waals surface area contributed by atoms with E-state index in [-0.39, 0.29) is 0 Å². The van der Waals surface area contributed by atoms with E-state index in [0.29, 0.717) is 0 Å². The van der Waals surface area contributed by atoms with Crippen LogP contribution < -0.4 is 0 Å². The maximum Gasteiger partial charge on any atom is 0.239 e. The summed E-state index contributed by atoms with van der Waals surface area (Å²) in [6, 6.07) is 60.4. The molecule has 0 unspecified atom stereocenters. The lowest BCUT2D eigenvalue weighted by Crippen LogP contribution is -1.86. The van der Waals surface area contributed by atoms with Gasteiger partial charge < -0.3 is 0 Å². The largest absolute Gasteiger partial charge is 0.239 e. The Bertz CT molecular complexity index is 3430. The summed E-state index contributed by atoms with van der Waals surface area (Å²) < 4.78 is 5.26. The van der Waals surface area contributed by atoms with Crippen LogP contribution in [0.25, 0.3) is 111 Å². The van der Waals surface area contributed by atoms with Gasteiger partial charge in [-0.25, -0.2) is 0 Å². The lowest BCUT2D eigenvalue weighted by molar-refractivity contribution is 0.670. The molecule has 0 aliphatic carbocycles. The maximum atomic E-state index is 2.55. The molecule has 0 amide bonds. The molecule has 0 bridgehead atoms. The smallest absolute Gasteiger partial charge is 0.139 e. The van der Waals surface area contributed by atoms with Crippen molar-refractivity contribution in [3.8, 4) is 71.0 Å². The van der Waals surface area contributed by atoms with Crippen LogP contribution in [0.5, 0.6) is 0 Å². The summed E-state index contributed by atoms with van der Waals surface area (Å²) in [4.78, 5) is 16.5. The van der Waals surface area contributed by atoms with Crippen LogP contribution in [0.3, 0.4) is 0 Å². The zero-order valence-corrected chi connectivity index (χ0v) is 45.9. The van der Waals surface area contributed by atoms with Gasteiger partial charge in [0, 0.05) is 117 Å². The van der Waals surface area contributed by atoms with Crippen molar-refractivity contribution in [1.29, 1.82) is 0 Å². The lowest BCUT2D eigenvalue weighted by Gasteiger charge is -2.10. The molecular formula is C62H52S8+2. The number of benzene rings is 4. The molecule has 12 rings (SSSR count). The first-order valence-corrected chi connectivity index (χ1v) is 31.3. The minimum Gasteiger partial charge on any atom is -0.139 e. The van der Waals surface area contributed by atoms with Crippen LogP contribution in [0.15, 0.2) is 158 Å². The molecule has 0 N–H and O–H groups in total. The van der Waals surface area contributed by atoms with Crippen molar-refractivity contribution >= 4 is 131 Å². The first kappa shape index (κ1) is 46.3. The molecule has 8 heteroatoms. The van der Waals surface area contributed by atoms with E-state index in [2.05, 4.69) is 172 Å². The minimum atomic E-state index is 1.18. The number of thiophene rings is 6. The molecule has 0 fully saturated rings. The highest BCUT2D eigenvalue weighted by atomic mass is 32.1. The van der Waals surface area contributed by atoms with E-state index in [9.17, 15) is 0 Å². The first-order valence-electron chi connectivity index (χ1n) is 24.7. The van der Waals surface area contributed by atoms with Crippen molar-refractivity contribution in [2.45, 2.75) is 78.1 Å². The second kappa shape index (κ2) is 20.8. The van der Waals surface area contributed by atoms with E-state index in [1.807, 2.05) is 90.7 Å². The quantitative estimate of drug-likeness (QED) is 0.0484. The van der Waals surface area contributed by atoms with Crippen molar-refractivity contribution in [1.82, 2.24) is 0 Å². The molecule has 4 aromatic carbocycles. The molecule has 8 heterocycles. The van der Waals surface area contributed by atoms with Crippen LogP contribution >= 0.6 is 90.7 Å². The van der Waals surface area contributed by atoms with E-state index in [1.165, 1.54) is 185 Å². The number of unbranched alkanes of at least 4 members (excludes halogenated alkanes) is 6. The van der Waals surface area contributed by atoms with Crippen LogP contribution in [-0.2, 0) is 12.8 Å². The maximum absolute atomic E-state index is 2.55. The molecule has 0 aliphatic heterocycles. The fraction of sp³-hybridized carbons (Fsp3) is 0.194. The van der Waals surface area contributed by atoms with Gasteiger partial charge in [-0.05, 0) is 111 Å². The van der Waals surface area contributed by atoms with E-state index in [1.54, 1.807) is 0 Å².